The number of alkyl halides is 2. The Labute approximate surface area is 120 Å². The van der Waals surface area contributed by atoms with Crippen LogP contribution in [-0.2, 0) is 16.0 Å². The van der Waals surface area contributed by atoms with Gasteiger partial charge in [0.2, 0.25) is 11.8 Å². The maximum Gasteiger partial charge on any atom is 0.333 e. The van der Waals surface area contributed by atoms with Gasteiger partial charge in [-0.1, -0.05) is 0 Å². The van der Waals surface area contributed by atoms with Gasteiger partial charge in [0.05, 0.1) is 12.1 Å². The molecule has 1 aliphatic heterocycles. The zero-order chi connectivity index (χ0) is 15.7. The fourth-order valence-corrected chi connectivity index (χ4v) is 2.76. The summed E-state index contributed by atoms with van der Waals surface area (Å²) in [5, 5.41) is 3.75. The number of aryl methyl sites for hydroxylation is 1. The second kappa shape index (κ2) is 5.79. The number of primary amides is 1. The Hall–Kier alpha value is -1.99. The maximum absolute atomic E-state index is 12.8. The number of nitrogens with zero attached hydrogens (tertiary/aromatic N) is 3. The number of nitrogens with two attached hydrogens (primary N) is 1. The molecule has 1 fully saturated rings. The quantitative estimate of drug-likeness (QED) is 0.897. The van der Waals surface area contributed by atoms with Crippen LogP contribution in [0.25, 0.3) is 0 Å². The van der Waals surface area contributed by atoms with Crippen LogP contribution in [0.3, 0.4) is 0 Å². The van der Waals surface area contributed by atoms with Crippen LogP contribution in [-0.4, -0.2) is 39.1 Å². The van der Waals surface area contributed by atoms with E-state index in [1.54, 1.807) is 6.92 Å². The zero-order valence-corrected chi connectivity index (χ0v) is 12.0. The number of hydrogen-bond acceptors (Lipinski definition) is 3. The lowest BCUT2D eigenvalue weighted by Crippen LogP contribution is -2.44. The molecule has 6 nitrogen and oxygen atoms in total. The van der Waals surface area contributed by atoms with Crippen molar-refractivity contribution < 1.29 is 18.4 Å². The first-order chi connectivity index (χ1) is 9.82. The van der Waals surface area contributed by atoms with Crippen molar-refractivity contribution in [3.05, 3.63) is 17.0 Å². The van der Waals surface area contributed by atoms with Crippen molar-refractivity contribution in [2.45, 2.75) is 45.7 Å². The first kappa shape index (κ1) is 15.4. The smallest absolute Gasteiger partial charge is 0.333 e. The minimum absolute atomic E-state index is 0.0475. The number of rotatable bonds is 4. The van der Waals surface area contributed by atoms with Gasteiger partial charge < -0.3 is 10.6 Å². The van der Waals surface area contributed by atoms with Crippen LogP contribution in [0.15, 0.2) is 0 Å². The van der Waals surface area contributed by atoms with Gasteiger partial charge in [-0.05, 0) is 26.7 Å². The van der Waals surface area contributed by atoms with E-state index in [0.717, 1.165) is 0 Å². The summed E-state index contributed by atoms with van der Waals surface area (Å²) in [6.07, 6.45) is 1.22. The molecule has 1 aromatic rings. The number of hydrogen-bond donors (Lipinski definition) is 1. The zero-order valence-electron chi connectivity index (χ0n) is 12.0. The topological polar surface area (TPSA) is 81.2 Å². The van der Waals surface area contributed by atoms with Gasteiger partial charge in [-0.25, -0.2) is 4.68 Å². The maximum atomic E-state index is 12.8. The lowest BCUT2D eigenvalue weighted by atomic mass is 10.1. The summed E-state index contributed by atoms with van der Waals surface area (Å²) in [6.45, 7) is 0.819. The second-order valence-electron chi connectivity index (χ2n) is 5.20. The SMILES string of the molecule is Cc1nn(C(F)F)c(C)c1CC(=O)N1CCC[C@H]1C(N)=O. The van der Waals surface area contributed by atoms with E-state index in [4.69, 9.17) is 5.73 Å². The van der Waals surface area contributed by atoms with Gasteiger partial charge in [0.1, 0.15) is 6.04 Å². The predicted octanol–water partition coefficient (Wildman–Crippen LogP) is 0.914. The van der Waals surface area contributed by atoms with E-state index in [0.29, 0.717) is 35.3 Å². The number of likely N-dealkylation sites (tertiary alicyclic amines) is 1. The van der Waals surface area contributed by atoms with Gasteiger partial charge >= 0.3 is 6.55 Å². The predicted molar refractivity (Wildman–Crippen MR) is 70.6 cm³/mol. The first-order valence-corrected chi connectivity index (χ1v) is 6.74. The average molecular weight is 300 g/mol. The van der Waals surface area contributed by atoms with E-state index in [9.17, 15) is 18.4 Å². The summed E-state index contributed by atoms with van der Waals surface area (Å²) in [5.74, 6) is -0.811. The van der Waals surface area contributed by atoms with Gasteiger partial charge in [0.15, 0.2) is 0 Å². The molecule has 0 unspecified atom stereocenters. The van der Waals surface area contributed by atoms with Crippen LogP contribution in [0, 0.1) is 13.8 Å². The fraction of sp³-hybridized carbons (Fsp3) is 0.615. The molecule has 8 heteroatoms. The summed E-state index contributed by atoms with van der Waals surface area (Å²) in [7, 11) is 0. The highest BCUT2D eigenvalue weighted by Gasteiger charge is 2.33. The molecule has 0 saturated carbocycles. The number of amides is 2. The monoisotopic (exact) mass is 300 g/mol. The van der Waals surface area contributed by atoms with Crippen molar-refractivity contribution in [3.63, 3.8) is 0 Å². The number of carbonyl (C=O) groups is 2. The Morgan fingerprint density at radius 3 is 2.62 bits per heavy atom. The molecule has 0 radical (unpaired) electrons. The average Bonchev–Trinajstić information content (AvgIpc) is 2.98. The second-order valence-corrected chi connectivity index (χ2v) is 5.20. The molecule has 2 rings (SSSR count). The normalized spacial score (nSPS) is 18.5. The molecule has 116 valence electrons. The molecular formula is C13H18F2N4O2. The number of halogens is 2. The summed E-state index contributed by atoms with van der Waals surface area (Å²) in [5.41, 5.74) is 6.42. The van der Waals surface area contributed by atoms with Crippen molar-refractivity contribution in [2.75, 3.05) is 6.54 Å². The molecule has 0 aliphatic carbocycles. The van der Waals surface area contributed by atoms with Crippen molar-refractivity contribution in [3.8, 4) is 0 Å². The number of carbonyl (C=O) groups excluding carboxylic acids is 2. The Morgan fingerprint density at radius 2 is 2.10 bits per heavy atom. The Morgan fingerprint density at radius 1 is 1.43 bits per heavy atom. The standard InChI is InChI=1S/C13H18F2N4O2/c1-7-9(8(2)19(17-7)13(14)15)6-11(20)18-5-3-4-10(18)12(16)21/h10,13H,3-6H2,1-2H3,(H2,16,21)/t10-/m0/s1. The van der Waals surface area contributed by atoms with Gasteiger partial charge in [-0.15, -0.1) is 0 Å². The van der Waals surface area contributed by atoms with E-state index < -0.39 is 18.5 Å². The van der Waals surface area contributed by atoms with Gasteiger partial charge in [-0.2, -0.15) is 13.9 Å². The molecule has 1 aromatic heterocycles. The Bertz CT molecular complexity index is 571. The molecule has 2 N–H and O–H groups in total. The van der Waals surface area contributed by atoms with Crippen LogP contribution in [0.4, 0.5) is 8.78 Å². The first-order valence-electron chi connectivity index (χ1n) is 6.74. The minimum atomic E-state index is -2.74. The molecule has 0 bridgehead atoms. The van der Waals surface area contributed by atoms with E-state index >= 15 is 0 Å². The van der Waals surface area contributed by atoms with Crippen molar-refractivity contribution in [1.29, 1.82) is 0 Å². The molecule has 1 atom stereocenters. The van der Waals surface area contributed by atoms with E-state index in [1.807, 2.05) is 0 Å². The van der Waals surface area contributed by atoms with Gasteiger partial charge in [-0.3, -0.25) is 9.59 Å². The summed E-state index contributed by atoms with van der Waals surface area (Å²) >= 11 is 0. The van der Waals surface area contributed by atoms with E-state index in [-0.39, 0.29) is 18.0 Å². The van der Waals surface area contributed by atoms with Gasteiger partial charge in [0, 0.05) is 17.8 Å². The largest absolute Gasteiger partial charge is 0.368 e. The third-order valence-corrected chi connectivity index (χ3v) is 3.89. The minimum Gasteiger partial charge on any atom is -0.368 e. The lowest BCUT2D eigenvalue weighted by Gasteiger charge is -2.22. The van der Waals surface area contributed by atoms with Crippen LogP contribution in [0.5, 0.6) is 0 Å². The molecule has 1 saturated heterocycles. The van der Waals surface area contributed by atoms with E-state index in [2.05, 4.69) is 5.10 Å². The Balaban J connectivity index is 2.18. The molecule has 1 aliphatic rings. The van der Waals surface area contributed by atoms with Crippen LogP contribution < -0.4 is 5.73 Å². The van der Waals surface area contributed by atoms with E-state index in [1.165, 1.54) is 11.8 Å². The molecule has 2 heterocycles. The van der Waals surface area contributed by atoms with Crippen LogP contribution in [0.2, 0.25) is 0 Å². The third-order valence-electron chi connectivity index (χ3n) is 3.89. The highest BCUT2D eigenvalue weighted by atomic mass is 19.3. The lowest BCUT2D eigenvalue weighted by molar-refractivity contribution is -0.136. The molecular weight excluding hydrogens is 282 g/mol. The van der Waals surface area contributed by atoms with Crippen LogP contribution in [0.1, 0.15) is 36.3 Å². The van der Waals surface area contributed by atoms with Crippen molar-refractivity contribution >= 4 is 11.8 Å². The number of aromatic nitrogens is 2. The highest BCUT2D eigenvalue weighted by Crippen LogP contribution is 2.23. The Kier molecular flexibility index (Phi) is 4.24. The summed E-state index contributed by atoms with van der Waals surface area (Å²) < 4.78 is 26.1. The summed E-state index contributed by atoms with van der Waals surface area (Å²) in [4.78, 5) is 25.0. The fourth-order valence-electron chi connectivity index (χ4n) is 2.76. The highest BCUT2D eigenvalue weighted by molar-refractivity contribution is 5.88. The van der Waals surface area contributed by atoms with Crippen molar-refractivity contribution in [1.82, 2.24) is 14.7 Å². The molecule has 0 aromatic carbocycles. The summed E-state index contributed by atoms with van der Waals surface area (Å²) in [6, 6.07) is -0.594. The van der Waals surface area contributed by atoms with Gasteiger partial charge in [0.25, 0.3) is 0 Å². The van der Waals surface area contributed by atoms with Crippen LogP contribution >= 0.6 is 0 Å². The van der Waals surface area contributed by atoms with Crippen molar-refractivity contribution in [2.24, 2.45) is 5.73 Å². The molecule has 2 amide bonds. The molecule has 0 spiro atoms. The molecule has 21 heavy (non-hydrogen) atoms. The third kappa shape index (κ3) is 2.88.